The van der Waals surface area contributed by atoms with E-state index in [9.17, 15) is 4.79 Å². The van der Waals surface area contributed by atoms with Gasteiger partial charge in [-0.05, 0) is 17.9 Å². The Balaban J connectivity index is 1.76. The van der Waals surface area contributed by atoms with Crippen LogP contribution in [0, 0.1) is 5.92 Å². The van der Waals surface area contributed by atoms with Crippen LogP contribution >= 0.6 is 0 Å². The molecule has 118 valence electrons. The van der Waals surface area contributed by atoms with Crippen molar-refractivity contribution in [3.05, 3.63) is 48.3 Å². The maximum Gasteiger partial charge on any atom is 0.315 e. The van der Waals surface area contributed by atoms with Gasteiger partial charge >= 0.3 is 6.03 Å². The van der Waals surface area contributed by atoms with Crippen LogP contribution in [-0.2, 0) is 13.0 Å². The predicted octanol–water partition coefficient (Wildman–Crippen LogP) is 1.84. The molecule has 2 aromatic rings. The summed E-state index contributed by atoms with van der Waals surface area (Å²) in [5, 5.41) is 14.0. The third-order valence-corrected chi connectivity index (χ3v) is 3.49. The van der Waals surface area contributed by atoms with E-state index in [2.05, 4.69) is 46.8 Å². The Morgan fingerprint density at radius 3 is 2.50 bits per heavy atom. The number of carbonyl (C=O) groups excluding carboxylic acids is 1. The van der Waals surface area contributed by atoms with Crippen molar-refractivity contribution in [1.82, 2.24) is 25.6 Å². The summed E-state index contributed by atoms with van der Waals surface area (Å²) in [6.07, 6.45) is 4.09. The topological polar surface area (TPSA) is 71.8 Å². The summed E-state index contributed by atoms with van der Waals surface area (Å²) in [6.45, 7) is 5.31. The summed E-state index contributed by atoms with van der Waals surface area (Å²) < 4.78 is 0. The van der Waals surface area contributed by atoms with Crippen molar-refractivity contribution in [2.45, 2.75) is 32.9 Å². The average molecular weight is 301 g/mol. The van der Waals surface area contributed by atoms with Gasteiger partial charge in [0.15, 0.2) is 0 Å². The Morgan fingerprint density at radius 2 is 1.86 bits per heavy atom. The van der Waals surface area contributed by atoms with Gasteiger partial charge in [0, 0.05) is 6.54 Å². The monoisotopic (exact) mass is 301 g/mol. The summed E-state index contributed by atoms with van der Waals surface area (Å²) in [6, 6.07) is 9.94. The number of rotatable bonds is 7. The van der Waals surface area contributed by atoms with Gasteiger partial charge in [-0.15, -0.1) is 0 Å². The Kier molecular flexibility index (Phi) is 5.94. The fourth-order valence-corrected chi connectivity index (χ4v) is 2.12. The van der Waals surface area contributed by atoms with Crippen molar-refractivity contribution in [1.29, 1.82) is 0 Å². The molecule has 0 bridgehead atoms. The standard InChI is InChI=1S/C16H23N5O/c1-13(2)15(12-21-18-10-11-19-21)20-16(22)17-9-8-14-6-4-3-5-7-14/h3-7,10-11,13,15H,8-9,12H2,1-2H3,(H2,17,20,22). The number of nitrogens with zero attached hydrogens (tertiary/aromatic N) is 3. The van der Waals surface area contributed by atoms with Crippen LogP contribution in [0.5, 0.6) is 0 Å². The first kappa shape index (κ1) is 16.0. The number of benzene rings is 1. The minimum Gasteiger partial charge on any atom is -0.338 e. The van der Waals surface area contributed by atoms with Gasteiger partial charge in [0.1, 0.15) is 0 Å². The van der Waals surface area contributed by atoms with E-state index in [0.29, 0.717) is 19.0 Å². The number of nitrogens with one attached hydrogen (secondary N) is 2. The first-order valence-corrected chi connectivity index (χ1v) is 7.57. The molecule has 2 rings (SSSR count). The molecule has 0 saturated carbocycles. The molecule has 1 heterocycles. The van der Waals surface area contributed by atoms with Crippen molar-refractivity contribution in [3.8, 4) is 0 Å². The molecule has 2 amide bonds. The van der Waals surface area contributed by atoms with E-state index in [1.165, 1.54) is 5.56 Å². The molecule has 2 N–H and O–H groups in total. The van der Waals surface area contributed by atoms with Gasteiger partial charge < -0.3 is 10.6 Å². The van der Waals surface area contributed by atoms with Gasteiger partial charge in [-0.3, -0.25) is 0 Å². The van der Waals surface area contributed by atoms with E-state index in [1.807, 2.05) is 18.2 Å². The van der Waals surface area contributed by atoms with Gasteiger partial charge in [-0.2, -0.15) is 15.0 Å². The van der Waals surface area contributed by atoms with Crippen molar-refractivity contribution in [2.24, 2.45) is 5.92 Å². The van der Waals surface area contributed by atoms with Gasteiger partial charge in [0.2, 0.25) is 0 Å². The third kappa shape index (κ3) is 5.20. The highest BCUT2D eigenvalue weighted by Gasteiger charge is 2.17. The number of carbonyl (C=O) groups is 1. The lowest BCUT2D eigenvalue weighted by Crippen LogP contribution is -2.47. The Hall–Kier alpha value is -2.37. The van der Waals surface area contributed by atoms with Crippen LogP contribution in [0.15, 0.2) is 42.7 Å². The molecule has 6 heteroatoms. The number of hydrogen-bond donors (Lipinski definition) is 2. The second-order valence-electron chi connectivity index (χ2n) is 5.57. The molecule has 1 atom stereocenters. The second-order valence-corrected chi connectivity index (χ2v) is 5.57. The SMILES string of the molecule is CC(C)C(Cn1nccn1)NC(=O)NCCc1ccccc1. The molecular formula is C16H23N5O. The summed E-state index contributed by atoms with van der Waals surface area (Å²) in [7, 11) is 0. The predicted molar refractivity (Wildman–Crippen MR) is 85.3 cm³/mol. The maximum absolute atomic E-state index is 12.0. The number of aromatic nitrogens is 3. The zero-order chi connectivity index (χ0) is 15.8. The second kappa shape index (κ2) is 8.17. The van der Waals surface area contributed by atoms with E-state index in [-0.39, 0.29) is 12.1 Å². The van der Waals surface area contributed by atoms with Gasteiger partial charge in [0.05, 0.1) is 25.0 Å². The fourth-order valence-electron chi connectivity index (χ4n) is 2.12. The number of urea groups is 1. The molecule has 6 nitrogen and oxygen atoms in total. The molecule has 0 spiro atoms. The smallest absolute Gasteiger partial charge is 0.315 e. The largest absolute Gasteiger partial charge is 0.338 e. The van der Waals surface area contributed by atoms with E-state index in [1.54, 1.807) is 17.2 Å². The van der Waals surface area contributed by atoms with Crippen LogP contribution in [0.2, 0.25) is 0 Å². The van der Waals surface area contributed by atoms with Crippen molar-refractivity contribution >= 4 is 6.03 Å². The number of hydrogen-bond acceptors (Lipinski definition) is 3. The quantitative estimate of drug-likeness (QED) is 0.819. The first-order valence-electron chi connectivity index (χ1n) is 7.57. The Labute approximate surface area is 130 Å². The van der Waals surface area contributed by atoms with E-state index < -0.39 is 0 Å². The first-order chi connectivity index (χ1) is 10.6. The molecular weight excluding hydrogens is 278 g/mol. The minimum absolute atomic E-state index is 0.0101. The molecule has 0 aliphatic carbocycles. The highest BCUT2D eigenvalue weighted by atomic mass is 16.2. The molecule has 0 radical (unpaired) electrons. The molecule has 0 fully saturated rings. The lowest BCUT2D eigenvalue weighted by atomic mass is 10.1. The van der Waals surface area contributed by atoms with Crippen LogP contribution in [0.1, 0.15) is 19.4 Å². The van der Waals surface area contributed by atoms with E-state index >= 15 is 0 Å². The summed E-state index contributed by atoms with van der Waals surface area (Å²) in [5.41, 5.74) is 1.21. The summed E-state index contributed by atoms with van der Waals surface area (Å²) in [5.74, 6) is 0.297. The zero-order valence-electron chi connectivity index (χ0n) is 13.1. The molecule has 1 aromatic carbocycles. The van der Waals surface area contributed by atoms with Crippen molar-refractivity contribution in [3.63, 3.8) is 0 Å². The van der Waals surface area contributed by atoms with Crippen LogP contribution in [0.4, 0.5) is 4.79 Å². The molecule has 1 aromatic heterocycles. The summed E-state index contributed by atoms with van der Waals surface area (Å²) >= 11 is 0. The van der Waals surface area contributed by atoms with Crippen LogP contribution in [-0.4, -0.2) is 33.6 Å². The minimum atomic E-state index is -0.151. The van der Waals surface area contributed by atoms with Crippen LogP contribution in [0.3, 0.4) is 0 Å². The van der Waals surface area contributed by atoms with E-state index in [0.717, 1.165) is 6.42 Å². The molecule has 1 unspecified atom stereocenters. The van der Waals surface area contributed by atoms with Crippen LogP contribution in [0.25, 0.3) is 0 Å². The molecule has 0 aliphatic rings. The summed E-state index contributed by atoms with van der Waals surface area (Å²) in [4.78, 5) is 13.6. The molecule has 0 aliphatic heterocycles. The van der Waals surface area contributed by atoms with E-state index in [4.69, 9.17) is 0 Å². The van der Waals surface area contributed by atoms with Gasteiger partial charge in [-0.25, -0.2) is 4.79 Å². The zero-order valence-corrected chi connectivity index (χ0v) is 13.1. The number of amides is 2. The maximum atomic E-state index is 12.0. The molecule has 0 saturated heterocycles. The lowest BCUT2D eigenvalue weighted by molar-refractivity contribution is 0.228. The van der Waals surface area contributed by atoms with Crippen molar-refractivity contribution < 1.29 is 4.79 Å². The highest BCUT2D eigenvalue weighted by molar-refractivity contribution is 5.74. The third-order valence-electron chi connectivity index (χ3n) is 3.49. The Morgan fingerprint density at radius 1 is 1.18 bits per heavy atom. The molecule has 22 heavy (non-hydrogen) atoms. The van der Waals surface area contributed by atoms with Crippen molar-refractivity contribution in [2.75, 3.05) is 6.54 Å². The highest BCUT2D eigenvalue weighted by Crippen LogP contribution is 2.03. The fraction of sp³-hybridized carbons (Fsp3) is 0.438. The normalized spacial score (nSPS) is 12.1. The Bertz CT molecular complexity index is 553. The van der Waals surface area contributed by atoms with Gasteiger partial charge in [-0.1, -0.05) is 44.2 Å². The lowest BCUT2D eigenvalue weighted by Gasteiger charge is -2.22. The average Bonchev–Trinajstić information content (AvgIpc) is 3.00. The van der Waals surface area contributed by atoms with Crippen LogP contribution < -0.4 is 10.6 Å². The van der Waals surface area contributed by atoms with Gasteiger partial charge in [0.25, 0.3) is 0 Å².